The van der Waals surface area contributed by atoms with E-state index in [0.29, 0.717) is 5.92 Å². The Kier molecular flexibility index (Phi) is 7.81. The van der Waals surface area contributed by atoms with Crippen LogP contribution >= 0.6 is 11.8 Å². The average molecular weight is 306 g/mol. The largest absolute Gasteiger partial charge is 0.396 e. The molecule has 1 aromatic carbocycles. The van der Waals surface area contributed by atoms with Gasteiger partial charge >= 0.3 is 0 Å². The molecule has 0 aliphatic rings. The lowest BCUT2D eigenvalue weighted by Gasteiger charge is -2.31. The summed E-state index contributed by atoms with van der Waals surface area (Å²) in [7, 11) is 0. The molecule has 1 rings (SSSR count). The van der Waals surface area contributed by atoms with Crippen molar-refractivity contribution in [2.75, 3.05) is 18.1 Å². The minimum atomic E-state index is -0.634. The van der Waals surface area contributed by atoms with Crippen molar-refractivity contribution in [2.45, 2.75) is 38.8 Å². The third-order valence-corrected chi connectivity index (χ3v) is 4.63. The summed E-state index contributed by atoms with van der Waals surface area (Å²) >= 11 is 1.80. The van der Waals surface area contributed by atoms with Crippen molar-refractivity contribution >= 4 is 11.8 Å². The van der Waals surface area contributed by atoms with Crippen LogP contribution < -0.4 is 5.32 Å². The molecule has 0 bridgehead atoms. The van der Waals surface area contributed by atoms with Crippen LogP contribution in [0.5, 0.6) is 0 Å². The van der Waals surface area contributed by atoms with Gasteiger partial charge in [-0.15, -0.1) is 0 Å². The summed E-state index contributed by atoms with van der Waals surface area (Å²) in [5.41, 5.74) is 0.391. The normalized spacial score (nSPS) is 15.4. The summed E-state index contributed by atoms with van der Waals surface area (Å²) in [5, 5.41) is 22.3. The van der Waals surface area contributed by atoms with E-state index < -0.39 is 5.54 Å². The van der Waals surface area contributed by atoms with Gasteiger partial charge in [0, 0.05) is 12.6 Å². The molecule has 2 N–H and O–H groups in total. The highest BCUT2D eigenvalue weighted by molar-refractivity contribution is 7.99. The standard InChI is InChI=1S/C17H26N2OS/c1-14(2)19-17(13-18,16-7-5-4-6-8-16)9-10-21-12-15(3)11-20/h4-8,14-15,19-20H,9-12H2,1-3H3. The van der Waals surface area contributed by atoms with Crippen molar-refractivity contribution < 1.29 is 5.11 Å². The maximum Gasteiger partial charge on any atom is 0.133 e. The maximum absolute atomic E-state index is 9.77. The molecule has 21 heavy (non-hydrogen) atoms. The molecule has 4 heteroatoms. The lowest BCUT2D eigenvalue weighted by atomic mass is 9.88. The van der Waals surface area contributed by atoms with Crippen LogP contribution in [-0.2, 0) is 5.54 Å². The van der Waals surface area contributed by atoms with Gasteiger partial charge in [-0.25, -0.2) is 0 Å². The van der Waals surface area contributed by atoms with Crippen molar-refractivity contribution in [3.8, 4) is 6.07 Å². The lowest BCUT2D eigenvalue weighted by molar-refractivity contribution is 0.250. The van der Waals surface area contributed by atoms with Gasteiger partial charge in [0.1, 0.15) is 5.54 Å². The van der Waals surface area contributed by atoms with Crippen LogP contribution in [0.3, 0.4) is 0 Å². The van der Waals surface area contributed by atoms with Crippen LogP contribution in [-0.4, -0.2) is 29.3 Å². The zero-order valence-corrected chi connectivity index (χ0v) is 14.0. The Balaban J connectivity index is 2.76. The molecular formula is C17H26N2OS. The molecule has 0 spiro atoms. The summed E-state index contributed by atoms with van der Waals surface area (Å²) in [5.74, 6) is 2.13. The monoisotopic (exact) mass is 306 g/mol. The first kappa shape index (κ1) is 18.0. The van der Waals surface area contributed by atoms with E-state index in [2.05, 4.69) is 25.2 Å². The van der Waals surface area contributed by atoms with Crippen LogP contribution in [0.1, 0.15) is 32.8 Å². The molecule has 0 aromatic heterocycles. The van der Waals surface area contributed by atoms with Gasteiger partial charge < -0.3 is 5.11 Å². The molecule has 0 aliphatic heterocycles. The van der Waals surface area contributed by atoms with Crippen molar-refractivity contribution in [1.29, 1.82) is 5.26 Å². The Morgan fingerprint density at radius 2 is 1.95 bits per heavy atom. The first-order valence-electron chi connectivity index (χ1n) is 7.47. The number of hydrogen-bond acceptors (Lipinski definition) is 4. The van der Waals surface area contributed by atoms with Gasteiger partial charge in [0.05, 0.1) is 6.07 Å². The summed E-state index contributed by atoms with van der Waals surface area (Å²) < 4.78 is 0. The highest BCUT2D eigenvalue weighted by Gasteiger charge is 2.32. The zero-order valence-electron chi connectivity index (χ0n) is 13.2. The quantitative estimate of drug-likeness (QED) is 0.688. The van der Waals surface area contributed by atoms with E-state index in [9.17, 15) is 5.26 Å². The van der Waals surface area contributed by atoms with Gasteiger partial charge in [0.15, 0.2) is 0 Å². The van der Waals surface area contributed by atoms with E-state index in [4.69, 9.17) is 5.11 Å². The van der Waals surface area contributed by atoms with Gasteiger partial charge in [0.2, 0.25) is 0 Å². The Morgan fingerprint density at radius 1 is 1.29 bits per heavy atom. The van der Waals surface area contributed by atoms with Gasteiger partial charge in [0.25, 0.3) is 0 Å². The number of nitrogens with zero attached hydrogens (tertiary/aromatic N) is 1. The Bertz CT molecular complexity index is 444. The van der Waals surface area contributed by atoms with Crippen molar-refractivity contribution in [2.24, 2.45) is 5.92 Å². The molecule has 0 amide bonds. The molecule has 0 aliphatic carbocycles. The number of nitrogens with one attached hydrogen (secondary N) is 1. The molecule has 0 saturated heterocycles. The summed E-state index contributed by atoms with van der Waals surface area (Å²) in [4.78, 5) is 0. The minimum absolute atomic E-state index is 0.222. The number of hydrogen-bond donors (Lipinski definition) is 2. The number of rotatable bonds is 9. The average Bonchev–Trinajstić information content (AvgIpc) is 2.50. The topological polar surface area (TPSA) is 56.0 Å². The molecule has 3 nitrogen and oxygen atoms in total. The van der Waals surface area contributed by atoms with E-state index in [1.54, 1.807) is 11.8 Å². The lowest BCUT2D eigenvalue weighted by Crippen LogP contribution is -2.45. The maximum atomic E-state index is 9.77. The third-order valence-electron chi connectivity index (χ3n) is 3.33. The molecule has 0 heterocycles. The Hall–Kier alpha value is -1.02. The second-order valence-corrected chi connectivity index (χ2v) is 6.94. The molecule has 2 unspecified atom stereocenters. The molecule has 2 atom stereocenters. The van der Waals surface area contributed by atoms with Crippen LogP contribution in [0.25, 0.3) is 0 Å². The molecule has 1 aromatic rings. The molecule has 0 fully saturated rings. The zero-order chi connectivity index (χ0) is 15.7. The Labute approximate surface area is 132 Å². The molecule has 0 saturated carbocycles. The second kappa shape index (κ2) is 9.09. The number of thioether (sulfide) groups is 1. The summed E-state index contributed by atoms with van der Waals surface area (Å²) in [6.45, 7) is 6.39. The number of benzene rings is 1. The van der Waals surface area contributed by atoms with Crippen molar-refractivity contribution in [3.05, 3.63) is 35.9 Å². The SMILES string of the molecule is CC(CO)CSCCC(C#N)(NC(C)C)c1ccccc1. The van der Waals surface area contributed by atoms with Gasteiger partial charge in [-0.1, -0.05) is 37.3 Å². The molecular weight excluding hydrogens is 280 g/mol. The summed E-state index contributed by atoms with van der Waals surface area (Å²) in [6, 6.07) is 12.7. The smallest absolute Gasteiger partial charge is 0.133 e. The predicted octanol–water partition coefficient (Wildman–Crippen LogP) is 3.16. The van der Waals surface area contributed by atoms with E-state index in [1.165, 1.54) is 0 Å². The molecule has 0 radical (unpaired) electrons. The minimum Gasteiger partial charge on any atom is -0.396 e. The fourth-order valence-corrected chi connectivity index (χ4v) is 3.36. The van der Waals surface area contributed by atoms with Crippen LogP contribution in [0.15, 0.2) is 30.3 Å². The first-order chi connectivity index (χ1) is 10.0. The third kappa shape index (κ3) is 5.70. The van der Waals surface area contributed by atoms with Crippen LogP contribution in [0, 0.1) is 17.2 Å². The van der Waals surface area contributed by atoms with E-state index in [0.717, 1.165) is 23.5 Å². The van der Waals surface area contributed by atoms with Crippen molar-refractivity contribution in [3.63, 3.8) is 0 Å². The van der Waals surface area contributed by atoms with Crippen LogP contribution in [0.4, 0.5) is 0 Å². The van der Waals surface area contributed by atoms with E-state index in [-0.39, 0.29) is 12.6 Å². The fraction of sp³-hybridized carbons (Fsp3) is 0.588. The summed E-state index contributed by atoms with van der Waals surface area (Å²) in [6.07, 6.45) is 0.758. The highest BCUT2D eigenvalue weighted by atomic mass is 32.2. The van der Waals surface area contributed by atoms with E-state index in [1.807, 2.05) is 37.3 Å². The Morgan fingerprint density at radius 3 is 2.48 bits per heavy atom. The molecule has 116 valence electrons. The number of nitriles is 1. The predicted molar refractivity (Wildman–Crippen MR) is 90.2 cm³/mol. The first-order valence-corrected chi connectivity index (χ1v) is 8.62. The van der Waals surface area contributed by atoms with Gasteiger partial charge in [-0.2, -0.15) is 17.0 Å². The van der Waals surface area contributed by atoms with Gasteiger partial charge in [-0.3, -0.25) is 5.32 Å². The number of aliphatic hydroxyl groups is 1. The van der Waals surface area contributed by atoms with Gasteiger partial charge in [-0.05, 0) is 43.3 Å². The van der Waals surface area contributed by atoms with Crippen molar-refractivity contribution in [1.82, 2.24) is 5.32 Å². The van der Waals surface area contributed by atoms with Crippen LogP contribution in [0.2, 0.25) is 0 Å². The fourth-order valence-electron chi connectivity index (χ4n) is 2.23. The van der Waals surface area contributed by atoms with E-state index >= 15 is 0 Å². The second-order valence-electron chi connectivity index (χ2n) is 5.79. The highest BCUT2D eigenvalue weighted by Crippen LogP contribution is 2.27. The number of aliphatic hydroxyl groups excluding tert-OH is 1.